The number of methoxy groups -OCH3 is 1. The number of anilines is 1. The summed E-state index contributed by atoms with van der Waals surface area (Å²) in [5.74, 6) is 0.578. The highest BCUT2D eigenvalue weighted by molar-refractivity contribution is 7.21. The summed E-state index contributed by atoms with van der Waals surface area (Å²) >= 11 is 1.43. The fourth-order valence-electron chi connectivity index (χ4n) is 2.50. The Bertz CT molecular complexity index is 814. The molecular weight excluding hydrogens is 308 g/mol. The fourth-order valence-corrected chi connectivity index (χ4v) is 3.57. The van der Waals surface area contributed by atoms with Gasteiger partial charge in [-0.25, -0.2) is 4.98 Å². The maximum absolute atomic E-state index is 13.0. The molecule has 118 valence electrons. The molecule has 23 heavy (non-hydrogen) atoms. The van der Waals surface area contributed by atoms with E-state index in [9.17, 15) is 4.79 Å². The Kier molecular flexibility index (Phi) is 4.57. The number of nitrogens with zero attached hydrogens (tertiary/aromatic N) is 2. The van der Waals surface area contributed by atoms with Gasteiger partial charge in [0.25, 0.3) is 5.91 Å². The van der Waals surface area contributed by atoms with E-state index >= 15 is 0 Å². The van der Waals surface area contributed by atoms with Gasteiger partial charge in [-0.05, 0) is 30.7 Å². The van der Waals surface area contributed by atoms with Gasteiger partial charge in [0.15, 0.2) is 0 Å². The zero-order chi connectivity index (χ0) is 16.2. The first-order valence-electron chi connectivity index (χ1n) is 7.54. The number of hydrogen-bond donors (Lipinski definition) is 0. The van der Waals surface area contributed by atoms with Gasteiger partial charge in [0.05, 0.1) is 16.7 Å². The van der Waals surface area contributed by atoms with Gasteiger partial charge in [-0.3, -0.25) is 4.79 Å². The lowest BCUT2D eigenvalue weighted by Crippen LogP contribution is -2.30. The molecule has 2 heterocycles. The lowest BCUT2D eigenvalue weighted by atomic mass is 10.2. The van der Waals surface area contributed by atoms with Crippen LogP contribution in [0.3, 0.4) is 0 Å². The number of hydrogen-bond acceptors (Lipinski definition) is 4. The third-order valence-electron chi connectivity index (χ3n) is 3.57. The molecule has 0 radical (unpaired) electrons. The number of fused-ring (bicyclic) bond motifs is 1. The molecule has 0 aliphatic carbocycles. The Morgan fingerprint density at radius 2 is 2.04 bits per heavy atom. The Labute approximate surface area is 139 Å². The summed E-state index contributed by atoms with van der Waals surface area (Å²) in [7, 11) is 1.59. The Hall–Kier alpha value is -2.40. The first kappa shape index (κ1) is 15.5. The first-order chi connectivity index (χ1) is 11.2. The fraction of sp³-hybridized carbons (Fsp3) is 0.222. The quantitative estimate of drug-likeness (QED) is 0.699. The van der Waals surface area contributed by atoms with Gasteiger partial charge >= 0.3 is 0 Å². The second-order valence-electron chi connectivity index (χ2n) is 5.14. The molecular formula is C18H18N2O2S. The average Bonchev–Trinajstić information content (AvgIpc) is 3.04. The molecule has 0 bridgehead atoms. The van der Waals surface area contributed by atoms with Crippen molar-refractivity contribution in [2.24, 2.45) is 0 Å². The molecule has 1 aromatic carbocycles. The van der Waals surface area contributed by atoms with E-state index in [1.165, 1.54) is 11.3 Å². The van der Waals surface area contributed by atoms with Crippen molar-refractivity contribution in [3.05, 3.63) is 53.5 Å². The molecule has 0 unspecified atom stereocenters. The molecule has 4 nitrogen and oxygen atoms in total. The van der Waals surface area contributed by atoms with Crippen LogP contribution in [-0.2, 0) is 0 Å². The van der Waals surface area contributed by atoms with Crippen LogP contribution in [0.1, 0.15) is 23.0 Å². The van der Waals surface area contributed by atoms with Crippen LogP contribution in [0, 0.1) is 0 Å². The number of pyridine rings is 1. The van der Waals surface area contributed by atoms with Crippen molar-refractivity contribution in [1.29, 1.82) is 0 Å². The molecule has 0 atom stereocenters. The molecule has 2 aromatic heterocycles. The minimum atomic E-state index is 0.0151. The van der Waals surface area contributed by atoms with Gasteiger partial charge in [-0.1, -0.05) is 25.1 Å². The molecule has 1 amide bonds. The molecule has 0 aliphatic heterocycles. The van der Waals surface area contributed by atoms with Crippen LogP contribution in [0.4, 0.5) is 5.69 Å². The molecule has 3 aromatic rings. The van der Waals surface area contributed by atoms with Crippen LogP contribution in [0.15, 0.2) is 48.7 Å². The van der Waals surface area contributed by atoms with E-state index in [-0.39, 0.29) is 5.91 Å². The molecule has 3 rings (SSSR count). The lowest BCUT2D eigenvalue weighted by molar-refractivity contribution is 0.0991. The van der Waals surface area contributed by atoms with Gasteiger partial charge < -0.3 is 9.64 Å². The number of carbonyl (C=O) groups excluding carboxylic acids is 1. The zero-order valence-electron chi connectivity index (χ0n) is 13.2. The van der Waals surface area contributed by atoms with E-state index in [0.29, 0.717) is 17.3 Å². The monoisotopic (exact) mass is 326 g/mol. The smallest absolute Gasteiger partial charge is 0.268 e. The maximum atomic E-state index is 13.0. The van der Waals surface area contributed by atoms with Crippen LogP contribution in [0.25, 0.3) is 10.1 Å². The maximum Gasteiger partial charge on any atom is 0.268 e. The van der Waals surface area contributed by atoms with Gasteiger partial charge in [0, 0.05) is 23.8 Å². The highest BCUT2D eigenvalue weighted by Gasteiger charge is 2.20. The number of thiophene rings is 1. The van der Waals surface area contributed by atoms with Crippen LogP contribution in [-0.4, -0.2) is 24.5 Å². The highest BCUT2D eigenvalue weighted by atomic mass is 32.1. The van der Waals surface area contributed by atoms with Gasteiger partial charge in [-0.15, -0.1) is 11.3 Å². The van der Waals surface area contributed by atoms with E-state index in [1.807, 2.05) is 47.4 Å². The summed E-state index contributed by atoms with van der Waals surface area (Å²) in [5, 5.41) is 0.981. The zero-order valence-corrected chi connectivity index (χ0v) is 14.0. The largest absolute Gasteiger partial charge is 0.480 e. The molecule has 0 fully saturated rings. The van der Waals surface area contributed by atoms with Crippen LogP contribution in [0.2, 0.25) is 0 Å². The molecule has 0 spiro atoms. The first-order valence-corrected chi connectivity index (χ1v) is 8.35. The van der Waals surface area contributed by atoms with Crippen LogP contribution in [0.5, 0.6) is 5.88 Å². The predicted molar refractivity (Wildman–Crippen MR) is 94.6 cm³/mol. The number of carbonyl (C=O) groups is 1. The van der Waals surface area contributed by atoms with Gasteiger partial charge in [-0.2, -0.15) is 0 Å². The normalized spacial score (nSPS) is 10.7. The summed E-state index contributed by atoms with van der Waals surface area (Å²) in [6.07, 6.45) is 2.60. The summed E-state index contributed by atoms with van der Waals surface area (Å²) in [6, 6.07) is 13.6. The third kappa shape index (κ3) is 3.05. The summed E-state index contributed by atoms with van der Waals surface area (Å²) in [5.41, 5.74) is 0.918. The van der Waals surface area contributed by atoms with E-state index in [1.54, 1.807) is 13.3 Å². The standard InChI is InChI=1S/C18H18N2O2S/c1-3-11-20(14-7-5-4-6-8-14)18(21)15-12-13-9-10-19-17(22-2)16(13)23-15/h4-10,12H,3,11H2,1-2H3. The number of aromatic nitrogens is 1. The van der Waals surface area contributed by atoms with Gasteiger partial charge in [0.2, 0.25) is 5.88 Å². The average molecular weight is 326 g/mol. The summed E-state index contributed by atoms with van der Waals surface area (Å²) < 4.78 is 6.19. The number of ether oxygens (including phenoxy) is 1. The minimum absolute atomic E-state index is 0.0151. The third-order valence-corrected chi connectivity index (χ3v) is 4.69. The molecule has 0 aliphatic rings. The molecule has 5 heteroatoms. The lowest BCUT2D eigenvalue weighted by Gasteiger charge is -2.21. The number of para-hydroxylation sites is 1. The van der Waals surface area contributed by atoms with Crippen molar-refractivity contribution < 1.29 is 9.53 Å². The van der Waals surface area contributed by atoms with E-state index in [2.05, 4.69) is 11.9 Å². The van der Waals surface area contributed by atoms with Crippen molar-refractivity contribution >= 4 is 33.0 Å². The second kappa shape index (κ2) is 6.79. The van der Waals surface area contributed by atoms with Crippen molar-refractivity contribution in [1.82, 2.24) is 4.98 Å². The second-order valence-corrected chi connectivity index (χ2v) is 6.19. The van der Waals surface area contributed by atoms with Crippen molar-refractivity contribution in [3.8, 4) is 5.88 Å². The van der Waals surface area contributed by atoms with Crippen molar-refractivity contribution in [2.45, 2.75) is 13.3 Å². The topological polar surface area (TPSA) is 42.4 Å². The predicted octanol–water partition coefficient (Wildman–Crippen LogP) is 4.36. The Balaban J connectivity index is 2.00. The molecule has 0 saturated carbocycles. The highest BCUT2D eigenvalue weighted by Crippen LogP contribution is 2.33. The molecule has 0 saturated heterocycles. The van der Waals surface area contributed by atoms with E-state index in [4.69, 9.17) is 4.74 Å². The Morgan fingerprint density at radius 1 is 1.26 bits per heavy atom. The number of rotatable bonds is 5. The number of benzene rings is 1. The van der Waals surface area contributed by atoms with Crippen LogP contribution < -0.4 is 9.64 Å². The van der Waals surface area contributed by atoms with Gasteiger partial charge in [0.1, 0.15) is 0 Å². The van der Waals surface area contributed by atoms with Crippen molar-refractivity contribution in [3.63, 3.8) is 0 Å². The van der Waals surface area contributed by atoms with E-state index in [0.717, 1.165) is 22.2 Å². The SMILES string of the molecule is CCCN(C(=O)c1cc2ccnc(OC)c2s1)c1ccccc1. The van der Waals surface area contributed by atoms with Crippen molar-refractivity contribution in [2.75, 3.05) is 18.6 Å². The number of amides is 1. The van der Waals surface area contributed by atoms with Crippen LogP contribution >= 0.6 is 11.3 Å². The molecule has 0 N–H and O–H groups in total. The summed E-state index contributed by atoms with van der Waals surface area (Å²) in [6.45, 7) is 2.76. The Morgan fingerprint density at radius 3 is 2.74 bits per heavy atom. The van der Waals surface area contributed by atoms with E-state index < -0.39 is 0 Å². The summed E-state index contributed by atoms with van der Waals surface area (Å²) in [4.78, 5) is 19.7. The minimum Gasteiger partial charge on any atom is -0.480 e.